The molecular weight excluding hydrogens is 380 g/mol. The Labute approximate surface area is 161 Å². The molecule has 1 aliphatic rings. The summed E-state index contributed by atoms with van der Waals surface area (Å²) < 4.78 is 34.0. The highest BCUT2D eigenvalue weighted by Crippen LogP contribution is 2.29. The van der Waals surface area contributed by atoms with Crippen LogP contribution in [-0.4, -0.2) is 70.6 Å². The molecule has 0 radical (unpaired) electrons. The van der Waals surface area contributed by atoms with Crippen LogP contribution in [0.2, 0.25) is 0 Å². The van der Waals surface area contributed by atoms with E-state index in [9.17, 15) is 13.2 Å². The van der Waals surface area contributed by atoms with Gasteiger partial charge in [0.2, 0.25) is 5.91 Å². The summed E-state index contributed by atoms with van der Waals surface area (Å²) in [6.07, 6.45) is 1.75. The summed E-state index contributed by atoms with van der Waals surface area (Å²) in [5.74, 6) is 1.05. The molecule has 1 heterocycles. The van der Waals surface area contributed by atoms with Gasteiger partial charge in [-0.3, -0.25) is 4.79 Å². The molecule has 0 atom stereocenters. The van der Waals surface area contributed by atoms with Crippen molar-refractivity contribution in [3.63, 3.8) is 0 Å². The van der Waals surface area contributed by atoms with Crippen LogP contribution in [0.1, 0.15) is 12.8 Å². The number of carbonyl (C=O) groups excluding carboxylic acids is 1. The number of methoxy groups -OCH3 is 1. The summed E-state index contributed by atoms with van der Waals surface area (Å²) in [5, 5.41) is 3.11. The maximum atomic E-state index is 12.8. The third kappa shape index (κ3) is 5.02. The van der Waals surface area contributed by atoms with Gasteiger partial charge in [-0.25, -0.2) is 8.42 Å². The Kier molecular flexibility index (Phi) is 8.17. The molecule has 0 spiro atoms. The first-order chi connectivity index (χ1) is 11.8. The smallest absolute Gasteiger partial charge is 0.243 e. The number of carbonyl (C=O) groups is 1. The van der Waals surface area contributed by atoms with Crippen molar-refractivity contribution in [1.82, 2.24) is 10.2 Å². The number of hydrogen-bond donors (Lipinski definition) is 1. The van der Waals surface area contributed by atoms with Gasteiger partial charge in [-0.2, -0.15) is 0 Å². The van der Waals surface area contributed by atoms with Gasteiger partial charge in [0.15, 0.2) is 14.6 Å². The number of likely N-dealkylation sites (N-methyl/N-ethyl adjacent to an activating group) is 1. The minimum absolute atomic E-state index is 0. The zero-order valence-corrected chi connectivity index (χ0v) is 17.0. The normalized spacial score (nSPS) is 16.3. The molecule has 1 fully saturated rings. The molecule has 9 heteroatoms. The Morgan fingerprint density at radius 2 is 1.73 bits per heavy atom. The van der Waals surface area contributed by atoms with E-state index in [1.165, 1.54) is 4.90 Å². The predicted octanol–water partition coefficient (Wildman–Crippen LogP) is 1.12. The summed E-state index contributed by atoms with van der Waals surface area (Å²) in [7, 11) is -0.291. The van der Waals surface area contributed by atoms with E-state index in [1.807, 2.05) is 0 Å². The van der Waals surface area contributed by atoms with Crippen molar-refractivity contribution in [3.05, 3.63) is 24.3 Å². The lowest BCUT2D eigenvalue weighted by molar-refractivity contribution is -0.133. The molecule has 1 aliphatic heterocycles. The standard InChI is InChI=1S/C17H26N2O5S.ClH/c1-19(12-13-24-15-6-4-14(23-2)5-7-15)16(20)17(25(3,21)22)8-10-18-11-9-17;/h4-7,18H,8-13H2,1-3H3;1H. The summed E-state index contributed by atoms with van der Waals surface area (Å²) >= 11 is 0. The van der Waals surface area contributed by atoms with Gasteiger partial charge in [-0.15, -0.1) is 12.4 Å². The number of sulfone groups is 1. The fourth-order valence-corrected chi connectivity index (χ4v) is 4.41. The van der Waals surface area contributed by atoms with E-state index in [0.29, 0.717) is 38.2 Å². The number of benzene rings is 1. The number of piperidine rings is 1. The van der Waals surface area contributed by atoms with Crippen LogP contribution in [0.25, 0.3) is 0 Å². The zero-order valence-electron chi connectivity index (χ0n) is 15.4. The first-order valence-corrected chi connectivity index (χ1v) is 10.1. The lowest BCUT2D eigenvalue weighted by Gasteiger charge is -2.37. The van der Waals surface area contributed by atoms with E-state index in [-0.39, 0.29) is 24.9 Å². The fraction of sp³-hybridized carbons (Fsp3) is 0.588. The third-order valence-electron chi connectivity index (χ3n) is 4.61. The van der Waals surface area contributed by atoms with E-state index >= 15 is 0 Å². The molecule has 0 saturated carbocycles. The Balaban J connectivity index is 0.00000338. The number of halogens is 1. The van der Waals surface area contributed by atoms with Crippen molar-refractivity contribution < 1.29 is 22.7 Å². The number of nitrogens with zero attached hydrogens (tertiary/aromatic N) is 1. The average Bonchev–Trinajstić information content (AvgIpc) is 2.61. The minimum Gasteiger partial charge on any atom is -0.497 e. The summed E-state index contributed by atoms with van der Waals surface area (Å²) in [6.45, 7) is 1.65. The molecule has 1 amide bonds. The summed E-state index contributed by atoms with van der Waals surface area (Å²) in [5.41, 5.74) is 0. The van der Waals surface area contributed by atoms with Crippen molar-refractivity contribution >= 4 is 28.2 Å². The van der Waals surface area contributed by atoms with Crippen LogP contribution in [0.15, 0.2) is 24.3 Å². The largest absolute Gasteiger partial charge is 0.497 e. The summed E-state index contributed by atoms with van der Waals surface area (Å²) in [6, 6.07) is 7.15. The van der Waals surface area contributed by atoms with E-state index in [2.05, 4.69) is 5.32 Å². The van der Waals surface area contributed by atoms with E-state index in [0.717, 1.165) is 12.0 Å². The zero-order chi connectivity index (χ0) is 18.5. The minimum atomic E-state index is -3.50. The van der Waals surface area contributed by atoms with Gasteiger partial charge in [-0.05, 0) is 50.2 Å². The van der Waals surface area contributed by atoms with E-state index in [4.69, 9.17) is 9.47 Å². The number of rotatable bonds is 7. The Morgan fingerprint density at radius 3 is 2.23 bits per heavy atom. The molecule has 1 aromatic rings. The van der Waals surface area contributed by atoms with Crippen LogP contribution in [-0.2, 0) is 14.6 Å². The van der Waals surface area contributed by atoms with Crippen LogP contribution in [0.4, 0.5) is 0 Å². The van der Waals surface area contributed by atoms with Crippen molar-refractivity contribution in [3.8, 4) is 11.5 Å². The van der Waals surface area contributed by atoms with Crippen LogP contribution in [0.5, 0.6) is 11.5 Å². The maximum Gasteiger partial charge on any atom is 0.243 e. The third-order valence-corrected chi connectivity index (χ3v) is 6.61. The van der Waals surface area contributed by atoms with Crippen molar-refractivity contribution in [2.45, 2.75) is 17.6 Å². The Hall–Kier alpha value is -1.51. The monoisotopic (exact) mass is 406 g/mol. The van der Waals surface area contributed by atoms with Gasteiger partial charge in [0.1, 0.15) is 18.1 Å². The van der Waals surface area contributed by atoms with Crippen molar-refractivity contribution in [1.29, 1.82) is 0 Å². The van der Waals surface area contributed by atoms with Crippen LogP contribution in [0.3, 0.4) is 0 Å². The quantitative estimate of drug-likeness (QED) is 0.730. The second kappa shape index (κ2) is 9.43. The average molecular weight is 407 g/mol. The van der Waals surface area contributed by atoms with Crippen molar-refractivity contribution in [2.75, 3.05) is 46.7 Å². The molecule has 2 rings (SSSR count). The first-order valence-electron chi connectivity index (χ1n) is 8.23. The molecule has 7 nitrogen and oxygen atoms in total. The molecule has 0 bridgehead atoms. The lowest BCUT2D eigenvalue weighted by atomic mass is 9.95. The van der Waals surface area contributed by atoms with Gasteiger partial charge >= 0.3 is 0 Å². The first kappa shape index (κ1) is 22.5. The van der Waals surface area contributed by atoms with Gasteiger partial charge < -0.3 is 19.7 Å². The topological polar surface area (TPSA) is 84.9 Å². The van der Waals surface area contributed by atoms with E-state index in [1.54, 1.807) is 38.4 Å². The summed E-state index contributed by atoms with van der Waals surface area (Å²) in [4.78, 5) is 14.3. The highest BCUT2D eigenvalue weighted by atomic mass is 35.5. The van der Waals surface area contributed by atoms with Crippen molar-refractivity contribution in [2.24, 2.45) is 0 Å². The second-order valence-corrected chi connectivity index (χ2v) is 8.59. The Morgan fingerprint density at radius 1 is 1.19 bits per heavy atom. The van der Waals surface area contributed by atoms with E-state index < -0.39 is 14.6 Å². The molecule has 1 saturated heterocycles. The fourth-order valence-electron chi connectivity index (χ4n) is 3.00. The molecule has 0 unspecified atom stereocenters. The number of amides is 1. The number of ether oxygens (including phenoxy) is 2. The molecule has 26 heavy (non-hydrogen) atoms. The molecule has 0 aromatic heterocycles. The Bertz CT molecular complexity index is 688. The number of hydrogen-bond acceptors (Lipinski definition) is 6. The second-order valence-electron chi connectivity index (χ2n) is 6.27. The van der Waals surface area contributed by atoms with Crippen LogP contribution < -0.4 is 14.8 Å². The maximum absolute atomic E-state index is 12.8. The molecule has 0 aliphatic carbocycles. The predicted molar refractivity (Wildman–Crippen MR) is 103 cm³/mol. The SMILES string of the molecule is COc1ccc(OCCN(C)C(=O)C2(S(C)(=O)=O)CCNCC2)cc1.Cl. The molecule has 148 valence electrons. The van der Waals surface area contributed by atoms with Gasteiger partial charge in [0.05, 0.1) is 13.7 Å². The van der Waals surface area contributed by atoms with Gasteiger partial charge in [-0.1, -0.05) is 0 Å². The van der Waals surface area contributed by atoms with Crippen LogP contribution in [0, 0.1) is 0 Å². The highest BCUT2D eigenvalue weighted by Gasteiger charge is 2.49. The molecular formula is C17H27ClN2O5S. The van der Waals surface area contributed by atoms with Gasteiger partial charge in [0, 0.05) is 13.3 Å². The lowest BCUT2D eigenvalue weighted by Crippen LogP contribution is -2.57. The molecule has 1 aromatic carbocycles. The number of nitrogens with one attached hydrogen (secondary N) is 1. The van der Waals surface area contributed by atoms with Gasteiger partial charge in [0.25, 0.3) is 0 Å². The molecule has 1 N–H and O–H groups in total. The van der Waals surface area contributed by atoms with Crippen LogP contribution >= 0.6 is 12.4 Å². The highest BCUT2D eigenvalue weighted by molar-refractivity contribution is 7.92.